The van der Waals surface area contributed by atoms with Crippen LogP contribution < -0.4 is 0 Å². The number of nitrogens with zero attached hydrogens (tertiary/aromatic N) is 4. The molecule has 0 amide bonds. The van der Waals surface area contributed by atoms with Gasteiger partial charge in [0.15, 0.2) is 5.82 Å². The summed E-state index contributed by atoms with van der Waals surface area (Å²) in [5, 5.41) is 2.36. The van der Waals surface area contributed by atoms with Gasteiger partial charge in [0, 0.05) is 28.9 Å². The molecule has 0 aliphatic heterocycles. The van der Waals surface area contributed by atoms with Crippen molar-refractivity contribution in [3.8, 4) is 33.6 Å². The third-order valence-electron chi connectivity index (χ3n) is 4.81. The van der Waals surface area contributed by atoms with Crippen LogP contribution in [0.15, 0.2) is 97.8 Å². The van der Waals surface area contributed by atoms with Crippen LogP contribution in [0.25, 0.3) is 44.4 Å². The standard InChI is InChI=1S/C24H16N4/c1-2-7-22-21(4-1)13-25-14-23(22)18-10-8-17(9-11-18)19-5-3-6-20(12-19)24-27-15-26-16-28-24/h1-16H. The van der Waals surface area contributed by atoms with Gasteiger partial charge in [-0.15, -0.1) is 0 Å². The number of pyridine rings is 1. The molecule has 132 valence electrons. The molecule has 0 fully saturated rings. The molecule has 0 spiro atoms. The number of rotatable bonds is 3. The van der Waals surface area contributed by atoms with E-state index in [9.17, 15) is 0 Å². The first-order valence-corrected chi connectivity index (χ1v) is 9.04. The molecule has 5 aromatic rings. The molecule has 0 bridgehead atoms. The van der Waals surface area contributed by atoms with Gasteiger partial charge in [0.1, 0.15) is 12.7 Å². The Bertz CT molecular complexity index is 1240. The average molecular weight is 360 g/mol. The molecule has 2 aromatic heterocycles. The molecule has 0 saturated carbocycles. The van der Waals surface area contributed by atoms with Crippen molar-refractivity contribution in [2.24, 2.45) is 0 Å². The molecular formula is C24H16N4. The van der Waals surface area contributed by atoms with Crippen LogP contribution in [-0.4, -0.2) is 19.9 Å². The minimum Gasteiger partial charge on any atom is -0.263 e. The molecular weight excluding hydrogens is 344 g/mol. The first-order valence-electron chi connectivity index (χ1n) is 9.04. The molecule has 0 saturated heterocycles. The summed E-state index contributed by atoms with van der Waals surface area (Å²) < 4.78 is 0. The molecule has 0 aliphatic carbocycles. The quantitative estimate of drug-likeness (QED) is 0.431. The zero-order valence-corrected chi connectivity index (χ0v) is 15.0. The summed E-state index contributed by atoms with van der Waals surface area (Å²) in [5.41, 5.74) is 5.54. The highest BCUT2D eigenvalue weighted by molar-refractivity contribution is 5.95. The number of aromatic nitrogens is 4. The van der Waals surface area contributed by atoms with Crippen molar-refractivity contribution in [3.05, 3.63) is 97.8 Å². The predicted octanol–water partition coefficient (Wildman–Crippen LogP) is 5.42. The normalized spacial score (nSPS) is 10.9. The van der Waals surface area contributed by atoms with E-state index in [0.717, 1.165) is 33.2 Å². The predicted molar refractivity (Wildman–Crippen MR) is 111 cm³/mol. The second kappa shape index (κ2) is 7.00. The molecule has 3 aromatic carbocycles. The third kappa shape index (κ3) is 3.01. The van der Waals surface area contributed by atoms with Crippen LogP contribution in [0.3, 0.4) is 0 Å². The molecule has 28 heavy (non-hydrogen) atoms. The van der Waals surface area contributed by atoms with Gasteiger partial charge in [0.05, 0.1) is 0 Å². The van der Waals surface area contributed by atoms with Crippen LogP contribution >= 0.6 is 0 Å². The van der Waals surface area contributed by atoms with E-state index < -0.39 is 0 Å². The van der Waals surface area contributed by atoms with Gasteiger partial charge in [-0.1, -0.05) is 66.7 Å². The van der Waals surface area contributed by atoms with E-state index in [-0.39, 0.29) is 0 Å². The van der Waals surface area contributed by atoms with Gasteiger partial charge in [-0.05, 0) is 28.1 Å². The highest BCUT2D eigenvalue weighted by Crippen LogP contribution is 2.30. The van der Waals surface area contributed by atoms with Crippen LogP contribution in [0.1, 0.15) is 0 Å². The van der Waals surface area contributed by atoms with Crippen LogP contribution in [0.2, 0.25) is 0 Å². The molecule has 0 N–H and O–H groups in total. The fraction of sp³-hybridized carbons (Fsp3) is 0. The molecule has 2 heterocycles. The largest absolute Gasteiger partial charge is 0.263 e. The number of hydrogen-bond acceptors (Lipinski definition) is 4. The second-order valence-electron chi connectivity index (χ2n) is 6.53. The number of hydrogen-bond donors (Lipinski definition) is 0. The van der Waals surface area contributed by atoms with Crippen molar-refractivity contribution in [3.63, 3.8) is 0 Å². The Morgan fingerprint density at radius 1 is 0.536 bits per heavy atom. The van der Waals surface area contributed by atoms with E-state index in [2.05, 4.69) is 74.5 Å². The molecule has 5 rings (SSSR count). The topological polar surface area (TPSA) is 51.6 Å². The molecule has 4 heteroatoms. The Labute approximate surface area is 162 Å². The summed E-state index contributed by atoms with van der Waals surface area (Å²) in [6, 6.07) is 25.1. The van der Waals surface area contributed by atoms with Gasteiger partial charge in [0.2, 0.25) is 0 Å². The zero-order chi connectivity index (χ0) is 18.8. The fourth-order valence-corrected chi connectivity index (χ4v) is 3.41. The maximum absolute atomic E-state index is 4.40. The SMILES string of the molecule is c1cc(-c2ccc(-c3cncc4ccccc34)cc2)cc(-c2ncncn2)c1. The number of benzene rings is 3. The molecule has 4 nitrogen and oxygen atoms in total. The lowest BCUT2D eigenvalue weighted by Gasteiger charge is -2.08. The van der Waals surface area contributed by atoms with E-state index >= 15 is 0 Å². The summed E-state index contributed by atoms with van der Waals surface area (Å²) in [7, 11) is 0. The van der Waals surface area contributed by atoms with Gasteiger partial charge in [-0.3, -0.25) is 4.98 Å². The molecule has 0 atom stereocenters. The van der Waals surface area contributed by atoms with Gasteiger partial charge >= 0.3 is 0 Å². The first kappa shape index (κ1) is 16.3. The van der Waals surface area contributed by atoms with Gasteiger partial charge in [0.25, 0.3) is 0 Å². The van der Waals surface area contributed by atoms with Crippen LogP contribution in [0.4, 0.5) is 0 Å². The van der Waals surface area contributed by atoms with Crippen molar-refractivity contribution in [1.82, 2.24) is 19.9 Å². The van der Waals surface area contributed by atoms with E-state index in [0.29, 0.717) is 5.82 Å². The Balaban J connectivity index is 1.52. The first-order chi connectivity index (χ1) is 13.9. The highest BCUT2D eigenvalue weighted by atomic mass is 15.0. The summed E-state index contributed by atoms with van der Waals surface area (Å²) in [6.45, 7) is 0. The Morgan fingerprint density at radius 2 is 1.29 bits per heavy atom. The maximum Gasteiger partial charge on any atom is 0.162 e. The summed E-state index contributed by atoms with van der Waals surface area (Å²) in [6.07, 6.45) is 6.86. The van der Waals surface area contributed by atoms with Crippen LogP contribution in [0.5, 0.6) is 0 Å². The molecule has 0 unspecified atom stereocenters. The minimum atomic E-state index is 0.676. The van der Waals surface area contributed by atoms with Crippen molar-refractivity contribution in [2.75, 3.05) is 0 Å². The van der Waals surface area contributed by atoms with Crippen molar-refractivity contribution < 1.29 is 0 Å². The van der Waals surface area contributed by atoms with Crippen LogP contribution in [0, 0.1) is 0 Å². The number of fused-ring (bicyclic) bond motifs is 1. The molecule has 0 aliphatic rings. The van der Waals surface area contributed by atoms with Crippen molar-refractivity contribution in [1.29, 1.82) is 0 Å². The van der Waals surface area contributed by atoms with E-state index in [1.807, 2.05) is 30.6 Å². The van der Waals surface area contributed by atoms with Gasteiger partial charge in [-0.2, -0.15) is 0 Å². The summed E-state index contributed by atoms with van der Waals surface area (Å²) >= 11 is 0. The Kier molecular flexibility index (Phi) is 4.07. The lowest BCUT2D eigenvalue weighted by atomic mass is 9.97. The van der Waals surface area contributed by atoms with Crippen LogP contribution in [-0.2, 0) is 0 Å². The average Bonchev–Trinajstić information content (AvgIpc) is 2.79. The lowest BCUT2D eigenvalue weighted by molar-refractivity contribution is 1.06. The maximum atomic E-state index is 4.40. The van der Waals surface area contributed by atoms with Crippen molar-refractivity contribution >= 4 is 10.8 Å². The zero-order valence-electron chi connectivity index (χ0n) is 15.0. The van der Waals surface area contributed by atoms with Crippen molar-refractivity contribution in [2.45, 2.75) is 0 Å². The van der Waals surface area contributed by atoms with E-state index in [4.69, 9.17) is 0 Å². The van der Waals surface area contributed by atoms with E-state index in [1.54, 1.807) is 0 Å². The Morgan fingerprint density at radius 3 is 2.14 bits per heavy atom. The Hall–Kier alpha value is -3.92. The summed E-state index contributed by atoms with van der Waals surface area (Å²) in [4.78, 5) is 16.8. The third-order valence-corrected chi connectivity index (χ3v) is 4.81. The lowest BCUT2D eigenvalue weighted by Crippen LogP contribution is -1.89. The van der Waals surface area contributed by atoms with E-state index in [1.165, 1.54) is 18.0 Å². The smallest absolute Gasteiger partial charge is 0.162 e. The minimum absolute atomic E-state index is 0.676. The monoisotopic (exact) mass is 360 g/mol. The summed E-state index contributed by atoms with van der Waals surface area (Å²) in [5.74, 6) is 0.676. The van der Waals surface area contributed by atoms with Gasteiger partial charge < -0.3 is 0 Å². The molecule has 0 radical (unpaired) electrons. The van der Waals surface area contributed by atoms with Gasteiger partial charge in [-0.25, -0.2) is 15.0 Å². The fourth-order valence-electron chi connectivity index (χ4n) is 3.41. The highest BCUT2D eigenvalue weighted by Gasteiger charge is 2.06. The second-order valence-corrected chi connectivity index (χ2v) is 6.53.